The number of nitro groups is 1. The van der Waals surface area contributed by atoms with Crippen LogP contribution in [0, 0.1) is 17.0 Å². The minimum Gasteiger partial charge on any atom is -0.479 e. The lowest BCUT2D eigenvalue weighted by molar-refractivity contribution is -0.386. The first-order valence-corrected chi connectivity index (χ1v) is 11.5. The molecular weight excluding hydrogens is 481 g/mol. The number of ether oxygens (including phenoxy) is 1. The van der Waals surface area contributed by atoms with Gasteiger partial charge in [0.1, 0.15) is 12.4 Å². The zero-order valence-electron chi connectivity index (χ0n) is 18.5. The molecule has 0 aliphatic carbocycles. The number of carbonyl (C=O) groups excluding carboxylic acids is 1. The first-order chi connectivity index (χ1) is 16.3. The molecule has 1 amide bonds. The van der Waals surface area contributed by atoms with Gasteiger partial charge in [-0.3, -0.25) is 19.8 Å². The molecule has 1 aliphatic heterocycles. The summed E-state index contributed by atoms with van der Waals surface area (Å²) in [6.07, 6.45) is 0. The Hall–Kier alpha value is -3.07. The second-order valence-corrected chi connectivity index (χ2v) is 8.87. The number of nitro benzene ring substituents is 1. The number of halogens is 2. The fourth-order valence-corrected chi connectivity index (χ4v) is 4.30. The van der Waals surface area contributed by atoms with Gasteiger partial charge < -0.3 is 14.1 Å². The van der Waals surface area contributed by atoms with E-state index in [1.165, 1.54) is 6.07 Å². The number of hydrogen-bond donors (Lipinski definition) is 0. The third-order valence-electron chi connectivity index (χ3n) is 5.66. The van der Waals surface area contributed by atoms with E-state index in [1.54, 1.807) is 36.1 Å². The van der Waals surface area contributed by atoms with Crippen LogP contribution >= 0.6 is 23.2 Å². The van der Waals surface area contributed by atoms with Gasteiger partial charge in [-0.05, 0) is 42.8 Å². The van der Waals surface area contributed by atoms with Gasteiger partial charge in [0.25, 0.3) is 5.91 Å². The Kier molecular flexibility index (Phi) is 7.41. The molecular formula is C24H23Cl2N3O5. The average molecular weight is 504 g/mol. The lowest BCUT2D eigenvalue weighted by Gasteiger charge is -2.34. The number of benzene rings is 2. The van der Waals surface area contributed by atoms with Gasteiger partial charge in [0.05, 0.1) is 4.92 Å². The number of aryl methyl sites for hydroxylation is 1. The molecule has 8 nitrogen and oxygen atoms in total. The van der Waals surface area contributed by atoms with Gasteiger partial charge in [0, 0.05) is 54.4 Å². The van der Waals surface area contributed by atoms with Crippen LogP contribution in [0.3, 0.4) is 0 Å². The van der Waals surface area contributed by atoms with Crippen molar-refractivity contribution in [2.75, 3.05) is 26.2 Å². The first kappa shape index (κ1) is 24.1. The quantitative estimate of drug-likeness (QED) is 0.319. The molecule has 2 heterocycles. The van der Waals surface area contributed by atoms with Gasteiger partial charge in [-0.15, -0.1) is 0 Å². The lowest BCUT2D eigenvalue weighted by Crippen LogP contribution is -2.48. The predicted molar refractivity (Wildman–Crippen MR) is 129 cm³/mol. The summed E-state index contributed by atoms with van der Waals surface area (Å²) in [5.41, 5.74) is 1.54. The highest BCUT2D eigenvalue weighted by Crippen LogP contribution is 2.29. The minimum atomic E-state index is -0.487. The molecule has 0 atom stereocenters. The summed E-state index contributed by atoms with van der Waals surface area (Å²) in [6, 6.07) is 13.4. The van der Waals surface area contributed by atoms with Gasteiger partial charge in [-0.1, -0.05) is 35.3 Å². The molecule has 1 aromatic heterocycles. The number of rotatable bonds is 7. The summed E-state index contributed by atoms with van der Waals surface area (Å²) >= 11 is 12.5. The van der Waals surface area contributed by atoms with Crippen LogP contribution in [0.25, 0.3) is 0 Å². The van der Waals surface area contributed by atoms with Crippen molar-refractivity contribution in [1.82, 2.24) is 9.80 Å². The summed E-state index contributed by atoms with van der Waals surface area (Å²) in [5.74, 6) is 0.558. The SMILES string of the molecule is Cc1ccc(OCc2ccc(C(=O)N3CCN(Cc4c(Cl)cccc4Cl)CC3)o2)c([N+](=O)[O-])c1. The summed E-state index contributed by atoms with van der Waals surface area (Å²) in [7, 11) is 0. The monoisotopic (exact) mass is 503 g/mol. The fraction of sp³-hybridized carbons (Fsp3) is 0.292. The standard InChI is InChI=1S/C24H23Cl2N3O5/c1-16-5-7-22(21(13-16)29(31)32)33-15-17-6-8-23(34-17)24(30)28-11-9-27(10-12-28)14-18-19(25)3-2-4-20(18)26/h2-8,13H,9-12,14-15H2,1H3. The van der Waals surface area contributed by atoms with E-state index in [4.69, 9.17) is 32.4 Å². The molecule has 2 aromatic carbocycles. The van der Waals surface area contributed by atoms with E-state index in [1.807, 2.05) is 18.2 Å². The average Bonchev–Trinajstić information content (AvgIpc) is 3.29. The van der Waals surface area contributed by atoms with Gasteiger partial charge in [0.2, 0.25) is 0 Å². The smallest absolute Gasteiger partial charge is 0.311 e. The Morgan fingerprint density at radius 1 is 1.09 bits per heavy atom. The van der Waals surface area contributed by atoms with E-state index in [0.717, 1.165) is 11.1 Å². The highest BCUT2D eigenvalue weighted by molar-refractivity contribution is 6.35. The van der Waals surface area contributed by atoms with Crippen molar-refractivity contribution in [3.8, 4) is 5.75 Å². The largest absolute Gasteiger partial charge is 0.479 e. The fourth-order valence-electron chi connectivity index (χ4n) is 3.78. The number of furan rings is 1. The van der Waals surface area contributed by atoms with E-state index >= 15 is 0 Å². The molecule has 1 aliphatic rings. The maximum atomic E-state index is 12.9. The molecule has 0 radical (unpaired) electrons. The van der Waals surface area contributed by atoms with E-state index in [2.05, 4.69) is 4.90 Å². The highest BCUT2D eigenvalue weighted by atomic mass is 35.5. The minimum absolute atomic E-state index is 0.0243. The van der Waals surface area contributed by atoms with Crippen molar-refractivity contribution < 1.29 is 18.9 Å². The van der Waals surface area contributed by atoms with Gasteiger partial charge in [-0.25, -0.2) is 0 Å². The summed E-state index contributed by atoms with van der Waals surface area (Å²) < 4.78 is 11.2. The topological polar surface area (TPSA) is 89.1 Å². The Morgan fingerprint density at radius 3 is 2.47 bits per heavy atom. The van der Waals surface area contributed by atoms with Crippen LogP contribution in [0.2, 0.25) is 10.0 Å². The second kappa shape index (κ2) is 10.5. The number of hydrogen-bond acceptors (Lipinski definition) is 6. The normalized spacial score (nSPS) is 14.3. The molecule has 3 aromatic rings. The van der Waals surface area contributed by atoms with E-state index in [0.29, 0.717) is 48.5 Å². The van der Waals surface area contributed by atoms with Crippen molar-refractivity contribution in [2.45, 2.75) is 20.1 Å². The van der Waals surface area contributed by atoms with Crippen LogP contribution in [-0.4, -0.2) is 46.8 Å². The Morgan fingerprint density at radius 2 is 1.79 bits per heavy atom. The van der Waals surface area contributed by atoms with Crippen LogP contribution in [0.5, 0.6) is 5.75 Å². The number of nitrogens with zero attached hydrogens (tertiary/aromatic N) is 3. The zero-order chi connectivity index (χ0) is 24.2. The maximum absolute atomic E-state index is 12.9. The predicted octanol–water partition coefficient (Wildman–Crippen LogP) is 5.34. The third-order valence-corrected chi connectivity index (χ3v) is 6.36. The van der Waals surface area contributed by atoms with Crippen LogP contribution in [0.4, 0.5) is 5.69 Å². The molecule has 1 saturated heterocycles. The van der Waals surface area contributed by atoms with E-state index < -0.39 is 4.92 Å². The van der Waals surface area contributed by atoms with Gasteiger partial charge >= 0.3 is 5.69 Å². The molecule has 0 spiro atoms. The van der Waals surface area contributed by atoms with Crippen LogP contribution in [0.15, 0.2) is 52.9 Å². The van der Waals surface area contributed by atoms with Crippen LogP contribution in [-0.2, 0) is 13.2 Å². The molecule has 0 unspecified atom stereocenters. The molecule has 178 valence electrons. The lowest BCUT2D eigenvalue weighted by atomic mass is 10.2. The van der Waals surface area contributed by atoms with E-state index in [-0.39, 0.29) is 29.7 Å². The molecule has 0 N–H and O–H groups in total. The molecule has 0 bridgehead atoms. The first-order valence-electron chi connectivity index (χ1n) is 10.7. The molecule has 0 saturated carbocycles. The van der Waals surface area contributed by atoms with Crippen LogP contribution < -0.4 is 4.74 Å². The van der Waals surface area contributed by atoms with Crippen molar-refractivity contribution in [2.24, 2.45) is 0 Å². The zero-order valence-corrected chi connectivity index (χ0v) is 20.0. The molecule has 34 heavy (non-hydrogen) atoms. The Balaban J connectivity index is 1.32. The Bertz CT molecular complexity index is 1180. The molecule has 1 fully saturated rings. The molecule has 4 rings (SSSR count). The van der Waals surface area contributed by atoms with E-state index in [9.17, 15) is 14.9 Å². The maximum Gasteiger partial charge on any atom is 0.311 e. The second-order valence-electron chi connectivity index (χ2n) is 8.05. The van der Waals surface area contributed by atoms with Gasteiger partial charge in [-0.2, -0.15) is 0 Å². The number of piperazine rings is 1. The van der Waals surface area contributed by atoms with Crippen molar-refractivity contribution in [3.63, 3.8) is 0 Å². The third kappa shape index (κ3) is 5.52. The number of amides is 1. The van der Waals surface area contributed by atoms with Crippen molar-refractivity contribution >= 4 is 34.8 Å². The highest BCUT2D eigenvalue weighted by Gasteiger charge is 2.25. The van der Waals surface area contributed by atoms with Gasteiger partial charge in [0.15, 0.2) is 11.5 Å². The van der Waals surface area contributed by atoms with Crippen molar-refractivity contribution in [3.05, 3.63) is 91.3 Å². The van der Waals surface area contributed by atoms with Crippen LogP contribution in [0.1, 0.15) is 27.4 Å². The summed E-state index contributed by atoms with van der Waals surface area (Å²) in [5, 5.41) is 12.5. The summed E-state index contributed by atoms with van der Waals surface area (Å²) in [6.45, 7) is 4.82. The number of carbonyl (C=O) groups is 1. The summed E-state index contributed by atoms with van der Waals surface area (Å²) in [4.78, 5) is 27.6. The Labute approximate surface area is 206 Å². The van der Waals surface area contributed by atoms with Crippen molar-refractivity contribution in [1.29, 1.82) is 0 Å². The molecule has 10 heteroatoms.